The van der Waals surface area contributed by atoms with Gasteiger partial charge in [-0.15, -0.1) is 0 Å². The predicted molar refractivity (Wildman–Crippen MR) is 45.2 cm³/mol. The van der Waals surface area contributed by atoms with Gasteiger partial charge in [0.1, 0.15) is 0 Å². The van der Waals surface area contributed by atoms with Crippen molar-refractivity contribution >= 4 is 5.97 Å². The quantitative estimate of drug-likeness (QED) is 0.620. The molecule has 0 aliphatic carbocycles. The van der Waals surface area contributed by atoms with Crippen LogP contribution in [0, 0.1) is 0 Å². The maximum Gasteiger partial charge on any atom is 1.00 e. The van der Waals surface area contributed by atoms with E-state index in [9.17, 15) is 9.90 Å². The maximum absolute atomic E-state index is 9.66. The molecule has 0 fully saturated rings. The summed E-state index contributed by atoms with van der Waals surface area (Å²) in [4.78, 5) is 9.66. The van der Waals surface area contributed by atoms with E-state index in [0.717, 1.165) is 13.8 Å². The van der Waals surface area contributed by atoms with Crippen molar-refractivity contribution in [3.05, 3.63) is 0 Å². The zero-order chi connectivity index (χ0) is 10.6. The molecule has 0 bridgehead atoms. The van der Waals surface area contributed by atoms with Gasteiger partial charge < -0.3 is 20.7 Å². The molecule has 0 saturated heterocycles. The SMILES string of the molecule is CC(C)(C)N.CC(C)(O)C(=O)[O-].[Ag+]. The predicted octanol–water partition coefficient (Wildman–Crippen LogP) is -0.752. The fourth-order valence-corrected chi connectivity index (χ4v) is 0. The van der Waals surface area contributed by atoms with Crippen LogP contribution in [-0.4, -0.2) is 22.2 Å². The molecule has 0 unspecified atom stereocenters. The van der Waals surface area contributed by atoms with Crippen LogP contribution in [0.25, 0.3) is 0 Å². The molecule has 0 spiro atoms. The van der Waals surface area contributed by atoms with Gasteiger partial charge >= 0.3 is 22.4 Å². The van der Waals surface area contributed by atoms with E-state index in [0.29, 0.717) is 0 Å². The first kappa shape index (κ1) is 18.8. The van der Waals surface area contributed by atoms with Gasteiger partial charge in [0, 0.05) is 5.54 Å². The van der Waals surface area contributed by atoms with E-state index < -0.39 is 11.6 Å². The number of hydrogen-bond acceptors (Lipinski definition) is 4. The Morgan fingerprint density at radius 2 is 1.31 bits per heavy atom. The summed E-state index contributed by atoms with van der Waals surface area (Å²) in [5.74, 6) is -1.45. The second kappa shape index (κ2) is 6.56. The Morgan fingerprint density at radius 3 is 1.31 bits per heavy atom. The summed E-state index contributed by atoms with van der Waals surface area (Å²) in [6.45, 7) is 8.21. The Morgan fingerprint density at radius 1 is 1.23 bits per heavy atom. The summed E-state index contributed by atoms with van der Waals surface area (Å²) >= 11 is 0. The Balaban J connectivity index is -0.000000150. The van der Waals surface area contributed by atoms with Crippen LogP contribution in [0.4, 0.5) is 0 Å². The fraction of sp³-hybridized carbons (Fsp3) is 0.875. The van der Waals surface area contributed by atoms with Gasteiger partial charge in [0.25, 0.3) is 0 Å². The third-order valence-electron chi connectivity index (χ3n) is 0.500. The number of carboxylic acid groups (broad SMARTS) is 1. The molecule has 0 heterocycles. The Hall–Kier alpha value is 0.130. The van der Waals surface area contributed by atoms with Crippen LogP contribution < -0.4 is 10.8 Å². The zero-order valence-corrected chi connectivity index (χ0v) is 10.1. The van der Waals surface area contributed by atoms with Crippen molar-refractivity contribution in [1.29, 1.82) is 0 Å². The molecule has 13 heavy (non-hydrogen) atoms. The largest absolute Gasteiger partial charge is 1.00 e. The molecule has 5 heteroatoms. The van der Waals surface area contributed by atoms with Crippen molar-refractivity contribution in [3.63, 3.8) is 0 Å². The molecule has 0 aliphatic heterocycles. The minimum atomic E-state index is -1.69. The van der Waals surface area contributed by atoms with Crippen LogP contribution >= 0.6 is 0 Å². The van der Waals surface area contributed by atoms with Crippen LogP contribution in [0.15, 0.2) is 0 Å². The van der Waals surface area contributed by atoms with Gasteiger partial charge in [0.05, 0.1) is 11.6 Å². The monoisotopic (exact) mass is 283 g/mol. The van der Waals surface area contributed by atoms with Gasteiger partial charge in [-0.25, -0.2) is 0 Å². The first-order chi connectivity index (χ1) is 4.94. The minimum absolute atomic E-state index is 0. The standard InChI is InChI=1S/C4H11N.C4H8O3.Ag/c1-4(2,3)5;1-4(2,7)3(5)6;/h5H2,1-3H3;7H,1-2H3,(H,5,6);/q;;+1/p-1. The third kappa shape index (κ3) is 33.1. The number of aliphatic hydroxyl groups is 1. The van der Waals surface area contributed by atoms with Crippen molar-refractivity contribution in [2.45, 2.75) is 45.8 Å². The van der Waals surface area contributed by atoms with Gasteiger partial charge in [0.15, 0.2) is 0 Å². The van der Waals surface area contributed by atoms with E-state index in [2.05, 4.69) is 0 Å². The van der Waals surface area contributed by atoms with E-state index >= 15 is 0 Å². The molecule has 4 nitrogen and oxygen atoms in total. The molecule has 0 amide bonds. The molecule has 0 radical (unpaired) electrons. The Kier molecular flexibility index (Phi) is 9.51. The summed E-state index contributed by atoms with van der Waals surface area (Å²) in [5, 5.41) is 18.1. The van der Waals surface area contributed by atoms with E-state index in [1.54, 1.807) is 0 Å². The summed E-state index contributed by atoms with van der Waals surface area (Å²) in [6, 6.07) is 0. The summed E-state index contributed by atoms with van der Waals surface area (Å²) in [7, 11) is 0. The number of carboxylic acids is 1. The number of hydrogen-bond donors (Lipinski definition) is 2. The summed E-state index contributed by atoms with van der Waals surface area (Å²) < 4.78 is 0. The van der Waals surface area contributed by atoms with Gasteiger partial charge in [-0.2, -0.15) is 0 Å². The summed E-state index contributed by atoms with van der Waals surface area (Å²) in [6.07, 6.45) is 0. The van der Waals surface area contributed by atoms with Crippen molar-refractivity contribution in [3.8, 4) is 0 Å². The van der Waals surface area contributed by atoms with E-state index in [-0.39, 0.29) is 27.9 Å². The van der Waals surface area contributed by atoms with Crippen LogP contribution in [0.5, 0.6) is 0 Å². The maximum atomic E-state index is 9.66. The van der Waals surface area contributed by atoms with Crippen molar-refractivity contribution in [2.24, 2.45) is 5.73 Å². The van der Waals surface area contributed by atoms with Gasteiger partial charge in [-0.1, -0.05) is 0 Å². The second-order valence-corrected chi connectivity index (χ2v) is 4.21. The fourth-order valence-electron chi connectivity index (χ4n) is 0. The Labute approximate surface area is 95.0 Å². The average Bonchev–Trinajstić information content (AvgIpc) is 1.55. The molecule has 0 aromatic rings. The number of nitrogens with two attached hydrogens (primary N) is 1. The molecule has 0 aliphatic rings. The number of aliphatic carboxylic acids is 1. The van der Waals surface area contributed by atoms with Crippen molar-refractivity contribution < 1.29 is 37.4 Å². The molecular weight excluding hydrogens is 266 g/mol. The van der Waals surface area contributed by atoms with Crippen LogP contribution in [0.2, 0.25) is 0 Å². The normalized spacial score (nSPS) is 10.7. The molecule has 84 valence electrons. The molecular formula is C8H18AgNO3. The number of carbonyl (C=O) groups excluding carboxylic acids is 1. The second-order valence-electron chi connectivity index (χ2n) is 4.21. The van der Waals surface area contributed by atoms with E-state index in [4.69, 9.17) is 10.8 Å². The van der Waals surface area contributed by atoms with E-state index in [1.165, 1.54) is 0 Å². The van der Waals surface area contributed by atoms with Crippen molar-refractivity contribution in [2.75, 3.05) is 0 Å². The Bertz CT molecular complexity index is 140. The van der Waals surface area contributed by atoms with E-state index in [1.807, 2.05) is 20.8 Å². The first-order valence-electron chi connectivity index (χ1n) is 3.67. The molecule has 0 aromatic carbocycles. The van der Waals surface area contributed by atoms with Gasteiger partial charge in [0.2, 0.25) is 0 Å². The first-order valence-corrected chi connectivity index (χ1v) is 3.67. The molecule has 0 atom stereocenters. The molecule has 0 saturated carbocycles. The van der Waals surface area contributed by atoms with Crippen molar-refractivity contribution in [1.82, 2.24) is 0 Å². The topological polar surface area (TPSA) is 86.4 Å². The average molecular weight is 284 g/mol. The molecule has 0 rings (SSSR count). The van der Waals surface area contributed by atoms with Gasteiger partial charge in [-0.3, -0.25) is 0 Å². The zero-order valence-electron chi connectivity index (χ0n) is 8.64. The minimum Gasteiger partial charge on any atom is -0.547 e. The van der Waals surface area contributed by atoms with Gasteiger partial charge in [-0.05, 0) is 34.6 Å². The number of carbonyl (C=O) groups is 1. The molecule has 0 aromatic heterocycles. The van der Waals surface area contributed by atoms with Crippen LogP contribution in [-0.2, 0) is 27.2 Å². The smallest absolute Gasteiger partial charge is 0.547 e. The van der Waals surface area contributed by atoms with Crippen LogP contribution in [0.3, 0.4) is 0 Å². The summed E-state index contributed by atoms with van der Waals surface area (Å²) in [5.41, 5.74) is 3.66. The molecule has 3 N–H and O–H groups in total. The van der Waals surface area contributed by atoms with Crippen LogP contribution in [0.1, 0.15) is 34.6 Å². The number of rotatable bonds is 1. The third-order valence-corrected chi connectivity index (χ3v) is 0.500.